The summed E-state index contributed by atoms with van der Waals surface area (Å²) in [5.41, 5.74) is 11.1. The second-order valence-electron chi connectivity index (χ2n) is 5.68. The van der Waals surface area contributed by atoms with Crippen LogP contribution < -0.4 is 16.1 Å². The van der Waals surface area contributed by atoms with Crippen molar-refractivity contribution in [2.24, 2.45) is 11.5 Å². The Morgan fingerprint density at radius 1 is 0.800 bits per heavy atom. The van der Waals surface area contributed by atoms with Gasteiger partial charge in [-0.25, -0.2) is 0 Å². The van der Waals surface area contributed by atoms with E-state index in [-0.39, 0.29) is 0 Å². The molecule has 5 N–H and O–H groups in total. The van der Waals surface area contributed by atoms with Crippen LogP contribution in [0.3, 0.4) is 0 Å². The van der Waals surface area contributed by atoms with Gasteiger partial charge in [0.05, 0.1) is 0 Å². The highest BCUT2D eigenvalue weighted by molar-refractivity contribution is 6.91. The number of rotatable bonds is 8. The summed E-state index contributed by atoms with van der Waals surface area (Å²) in [4.78, 5) is 0. The molecule has 15 heavy (non-hydrogen) atoms. The molecular formula is C10H29N3Si2. The summed E-state index contributed by atoms with van der Waals surface area (Å²) < 4.78 is 3.97. The normalized spacial score (nSPS) is 13.2. The number of hydrogen-bond acceptors (Lipinski definition) is 3. The highest BCUT2D eigenvalue weighted by Gasteiger charge is 2.29. The first-order valence-electron chi connectivity index (χ1n) is 6.02. The Balaban J connectivity index is 4.04. The molecular weight excluding hydrogens is 218 g/mol. The maximum atomic E-state index is 5.57. The second-order valence-corrected chi connectivity index (χ2v) is 15.2. The van der Waals surface area contributed by atoms with Gasteiger partial charge >= 0.3 is 0 Å². The minimum absolute atomic E-state index is 0.822. The maximum absolute atomic E-state index is 5.57. The van der Waals surface area contributed by atoms with E-state index in [0.717, 1.165) is 25.9 Å². The molecule has 0 aromatic carbocycles. The zero-order valence-electron chi connectivity index (χ0n) is 10.9. The van der Waals surface area contributed by atoms with Crippen molar-refractivity contribution in [1.82, 2.24) is 4.65 Å². The van der Waals surface area contributed by atoms with Crippen LogP contribution >= 0.6 is 0 Å². The van der Waals surface area contributed by atoms with Gasteiger partial charge in [0.15, 0.2) is 0 Å². The van der Waals surface area contributed by atoms with Crippen LogP contribution in [0.5, 0.6) is 0 Å². The Morgan fingerprint density at radius 2 is 1.13 bits per heavy atom. The van der Waals surface area contributed by atoms with E-state index in [1.807, 2.05) is 0 Å². The van der Waals surface area contributed by atoms with Crippen LogP contribution in [0.4, 0.5) is 0 Å². The third-order valence-electron chi connectivity index (χ3n) is 2.69. The summed E-state index contributed by atoms with van der Waals surface area (Å²) in [5.74, 6) is 0. The summed E-state index contributed by atoms with van der Waals surface area (Å²) in [5, 5.41) is 0. The first-order chi connectivity index (χ1) is 6.83. The van der Waals surface area contributed by atoms with Gasteiger partial charge in [-0.05, 0) is 38.0 Å². The highest BCUT2D eigenvalue weighted by Crippen LogP contribution is 2.15. The Labute approximate surface area is 97.2 Å². The lowest BCUT2D eigenvalue weighted by molar-refractivity contribution is 0.887. The van der Waals surface area contributed by atoms with Gasteiger partial charge in [0, 0.05) is 0 Å². The van der Waals surface area contributed by atoms with Crippen molar-refractivity contribution < 1.29 is 0 Å². The highest BCUT2D eigenvalue weighted by atomic mass is 28.4. The molecule has 0 radical (unpaired) electrons. The molecule has 0 atom stereocenters. The third-order valence-corrected chi connectivity index (χ3v) is 11.3. The predicted molar refractivity (Wildman–Crippen MR) is 75.1 cm³/mol. The van der Waals surface area contributed by atoms with Crippen molar-refractivity contribution in [1.29, 1.82) is 0 Å². The molecule has 0 saturated carbocycles. The van der Waals surface area contributed by atoms with Crippen LogP contribution in [0.15, 0.2) is 0 Å². The average molecular weight is 248 g/mol. The van der Waals surface area contributed by atoms with Crippen molar-refractivity contribution in [3.63, 3.8) is 0 Å². The lowest BCUT2D eigenvalue weighted by Gasteiger charge is -2.34. The summed E-state index contributed by atoms with van der Waals surface area (Å²) >= 11 is 0. The molecule has 0 bridgehead atoms. The molecule has 0 aliphatic rings. The molecule has 0 unspecified atom stereocenters. The van der Waals surface area contributed by atoms with E-state index < -0.39 is 16.5 Å². The van der Waals surface area contributed by atoms with Gasteiger partial charge < -0.3 is 16.1 Å². The fourth-order valence-electron chi connectivity index (χ4n) is 2.13. The summed E-state index contributed by atoms with van der Waals surface area (Å²) in [6, 6.07) is 2.59. The molecule has 0 aromatic heterocycles. The van der Waals surface area contributed by atoms with Crippen molar-refractivity contribution in [3.8, 4) is 0 Å². The molecule has 0 aliphatic carbocycles. The third kappa shape index (κ3) is 8.16. The minimum Gasteiger partial charge on any atom is -0.359 e. The van der Waals surface area contributed by atoms with Gasteiger partial charge in [0.2, 0.25) is 0 Å². The number of nitrogens with one attached hydrogen (secondary N) is 1. The van der Waals surface area contributed by atoms with Crippen LogP contribution in [-0.4, -0.2) is 29.6 Å². The zero-order valence-corrected chi connectivity index (χ0v) is 12.9. The van der Waals surface area contributed by atoms with E-state index in [2.05, 4.69) is 30.8 Å². The average Bonchev–Trinajstić information content (AvgIpc) is 2.10. The van der Waals surface area contributed by atoms with Crippen LogP contribution in [0, 0.1) is 0 Å². The summed E-state index contributed by atoms with van der Waals surface area (Å²) in [7, 11) is -2.44. The molecule has 0 rings (SSSR count). The van der Waals surface area contributed by atoms with E-state index in [9.17, 15) is 0 Å². The van der Waals surface area contributed by atoms with E-state index >= 15 is 0 Å². The number of hydrogen-bond donors (Lipinski definition) is 3. The molecule has 0 spiro atoms. The predicted octanol–water partition coefficient (Wildman–Crippen LogP) is 1.68. The van der Waals surface area contributed by atoms with Crippen LogP contribution in [0.1, 0.15) is 12.8 Å². The smallest absolute Gasteiger partial charge is 0.112 e. The molecule has 0 aromatic rings. The van der Waals surface area contributed by atoms with E-state index in [0.29, 0.717) is 0 Å². The molecule has 0 saturated heterocycles. The molecule has 92 valence electrons. The Morgan fingerprint density at radius 3 is 1.40 bits per heavy atom. The van der Waals surface area contributed by atoms with Crippen LogP contribution in [0.2, 0.25) is 38.3 Å². The van der Waals surface area contributed by atoms with Crippen molar-refractivity contribution in [2.75, 3.05) is 13.1 Å². The summed E-state index contributed by atoms with van der Waals surface area (Å²) in [6.45, 7) is 11.3. The van der Waals surface area contributed by atoms with Crippen molar-refractivity contribution in [3.05, 3.63) is 0 Å². The second kappa shape index (κ2) is 6.80. The van der Waals surface area contributed by atoms with Gasteiger partial charge in [0.25, 0.3) is 0 Å². The molecule has 5 heteroatoms. The SMILES string of the molecule is C[Si](C)(CCCN)N[Si](C)(C)CCCN. The zero-order chi connectivity index (χ0) is 11.9. The van der Waals surface area contributed by atoms with Gasteiger partial charge in [-0.15, -0.1) is 0 Å². The molecule has 0 amide bonds. The number of nitrogens with two attached hydrogens (primary N) is 2. The lowest BCUT2D eigenvalue weighted by atomic mass is 10.5. The van der Waals surface area contributed by atoms with Gasteiger partial charge in [0.1, 0.15) is 16.5 Å². The largest absolute Gasteiger partial charge is 0.359 e. The molecule has 0 fully saturated rings. The minimum atomic E-state index is -1.22. The Bertz CT molecular complexity index is 154. The fourth-order valence-corrected chi connectivity index (χ4v) is 12.6. The van der Waals surface area contributed by atoms with Crippen LogP contribution in [0.25, 0.3) is 0 Å². The quantitative estimate of drug-likeness (QED) is 0.572. The van der Waals surface area contributed by atoms with E-state index in [1.165, 1.54) is 12.1 Å². The van der Waals surface area contributed by atoms with Crippen molar-refractivity contribution in [2.45, 2.75) is 51.1 Å². The Hall–Kier alpha value is 0.314. The molecule has 3 nitrogen and oxygen atoms in total. The maximum Gasteiger partial charge on any atom is 0.112 e. The summed E-state index contributed by atoms with van der Waals surface area (Å²) in [6.07, 6.45) is 2.32. The van der Waals surface area contributed by atoms with Gasteiger partial charge in [-0.3, -0.25) is 0 Å². The Kier molecular flexibility index (Phi) is 6.94. The fraction of sp³-hybridized carbons (Fsp3) is 1.00. The topological polar surface area (TPSA) is 64.1 Å². The first-order valence-corrected chi connectivity index (χ1v) is 12.4. The van der Waals surface area contributed by atoms with Crippen LogP contribution in [-0.2, 0) is 0 Å². The standard InChI is InChI=1S/C10H29N3Si2/c1-14(2,9-5-7-11)13-15(3,4)10-6-8-12/h13H,5-12H2,1-4H3. The monoisotopic (exact) mass is 247 g/mol. The van der Waals surface area contributed by atoms with Crippen molar-refractivity contribution >= 4 is 16.5 Å². The van der Waals surface area contributed by atoms with Gasteiger partial charge in [-0.2, -0.15) is 0 Å². The van der Waals surface area contributed by atoms with E-state index in [1.54, 1.807) is 0 Å². The van der Waals surface area contributed by atoms with E-state index in [4.69, 9.17) is 11.5 Å². The molecule has 0 heterocycles. The lowest BCUT2D eigenvalue weighted by Crippen LogP contribution is -2.59. The first kappa shape index (κ1) is 15.3. The molecule has 0 aliphatic heterocycles. The van der Waals surface area contributed by atoms with Gasteiger partial charge in [-0.1, -0.05) is 26.2 Å².